The monoisotopic (exact) mass is 414 g/mol. The summed E-state index contributed by atoms with van der Waals surface area (Å²) in [6.07, 6.45) is 6.66. The number of morpholine rings is 1. The molecule has 6 nitrogen and oxygen atoms in total. The topological polar surface area (TPSA) is 66.9 Å². The van der Waals surface area contributed by atoms with Crippen LogP contribution in [0.2, 0.25) is 5.02 Å². The molecule has 1 aromatic carbocycles. The van der Waals surface area contributed by atoms with Gasteiger partial charge in [0.1, 0.15) is 4.90 Å². The van der Waals surface area contributed by atoms with E-state index in [0.717, 1.165) is 25.7 Å². The number of carbonyl (C=O) groups is 1. The molecule has 1 saturated carbocycles. The van der Waals surface area contributed by atoms with Gasteiger partial charge in [-0.05, 0) is 31.0 Å². The van der Waals surface area contributed by atoms with Gasteiger partial charge in [0.15, 0.2) is 0 Å². The third-order valence-electron chi connectivity index (χ3n) is 5.46. The number of amides is 1. The van der Waals surface area contributed by atoms with E-state index >= 15 is 0 Å². The number of nitrogens with zero attached hydrogens (tertiary/aromatic N) is 2. The molecule has 0 bridgehead atoms. The fraction of sp³-hybridized carbons (Fsp3) is 0.632. The summed E-state index contributed by atoms with van der Waals surface area (Å²) in [4.78, 5) is 14.7. The van der Waals surface area contributed by atoms with E-state index in [-0.39, 0.29) is 21.9 Å². The van der Waals surface area contributed by atoms with Crippen molar-refractivity contribution in [3.63, 3.8) is 0 Å². The minimum Gasteiger partial charge on any atom is -0.379 e. The SMILES string of the molecule is CN(C(=O)c1ccc(Cl)c(S(=O)(=O)N2CCOCC2)c1)C1CCCCCC1. The van der Waals surface area contributed by atoms with Crippen molar-refractivity contribution in [1.29, 1.82) is 0 Å². The lowest BCUT2D eigenvalue weighted by molar-refractivity contribution is 0.0716. The first-order valence-corrected chi connectivity index (χ1v) is 11.4. The molecule has 1 heterocycles. The number of hydrogen-bond acceptors (Lipinski definition) is 4. The van der Waals surface area contributed by atoms with E-state index in [0.29, 0.717) is 31.9 Å². The average molecular weight is 415 g/mol. The molecule has 150 valence electrons. The molecule has 0 radical (unpaired) electrons. The van der Waals surface area contributed by atoms with Gasteiger partial charge in [0, 0.05) is 31.7 Å². The lowest BCUT2D eigenvalue weighted by Crippen LogP contribution is -2.41. The molecule has 1 aromatic rings. The lowest BCUT2D eigenvalue weighted by atomic mass is 10.1. The highest BCUT2D eigenvalue weighted by Crippen LogP contribution is 2.28. The van der Waals surface area contributed by atoms with Crippen LogP contribution in [0.25, 0.3) is 0 Å². The van der Waals surface area contributed by atoms with Crippen molar-refractivity contribution in [1.82, 2.24) is 9.21 Å². The van der Waals surface area contributed by atoms with Crippen LogP contribution in [0.5, 0.6) is 0 Å². The summed E-state index contributed by atoms with van der Waals surface area (Å²) in [5.74, 6) is -0.156. The second kappa shape index (κ2) is 8.90. The fourth-order valence-corrected chi connectivity index (χ4v) is 5.68. The van der Waals surface area contributed by atoms with Crippen LogP contribution in [0.4, 0.5) is 0 Å². The predicted molar refractivity (Wildman–Crippen MR) is 105 cm³/mol. The van der Waals surface area contributed by atoms with Crippen LogP contribution in [0.1, 0.15) is 48.9 Å². The van der Waals surface area contributed by atoms with Gasteiger partial charge in [-0.15, -0.1) is 0 Å². The second-order valence-electron chi connectivity index (χ2n) is 7.22. The Morgan fingerprint density at radius 3 is 2.41 bits per heavy atom. The standard InChI is InChI=1S/C19H27ClN2O4S/c1-21(16-6-4-2-3-5-7-16)19(23)15-8-9-17(20)18(14-15)27(24,25)22-10-12-26-13-11-22/h8-9,14,16H,2-7,10-13H2,1H3. The minimum atomic E-state index is -3.75. The molecule has 3 rings (SSSR count). The number of ether oxygens (including phenoxy) is 1. The van der Waals surface area contributed by atoms with Crippen molar-refractivity contribution in [2.24, 2.45) is 0 Å². The predicted octanol–water partition coefficient (Wildman–Crippen LogP) is 3.16. The van der Waals surface area contributed by atoms with E-state index in [1.165, 1.54) is 29.3 Å². The molecule has 8 heteroatoms. The summed E-state index contributed by atoms with van der Waals surface area (Å²) in [6.45, 7) is 1.30. The Morgan fingerprint density at radius 1 is 1.15 bits per heavy atom. The van der Waals surface area contributed by atoms with Gasteiger partial charge in [0.05, 0.1) is 18.2 Å². The Labute approximate surface area is 166 Å². The number of sulfonamides is 1. The number of halogens is 1. The normalized spacial score (nSPS) is 20.2. The maximum Gasteiger partial charge on any atom is 0.253 e. The Morgan fingerprint density at radius 2 is 1.78 bits per heavy atom. The van der Waals surface area contributed by atoms with E-state index in [2.05, 4.69) is 0 Å². The Balaban J connectivity index is 1.84. The third kappa shape index (κ3) is 4.65. The zero-order chi connectivity index (χ0) is 19.4. The molecule has 2 aliphatic rings. The largest absolute Gasteiger partial charge is 0.379 e. The van der Waals surface area contributed by atoms with Crippen molar-refractivity contribution in [2.45, 2.75) is 49.5 Å². The summed E-state index contributed by atoms with van der Waals surface area (Å²) < 4.78 is 32.5. The van der Waals surface area contributed by atoms with E-state index in [4.69, 9.17) is 16.3 Å². The van der Waals surface area contributed by atoms with Gasteiger partial charge in [-0.25, -0.2) is 8.42 Å². The molecule has 27 heavy (non-hydrogen) atoms. The number of carbonyl (C=O) groups excluding carboxylic acids is 1. The smallest absolute Gasteiger partial charge is 0.253 e. The van der Waals surface area contributed by atoms with E-state index in [9.17, 15) is 13.2 Å². The van der Waals surface area contributed by atoms with Crippen LogP contribution in [-0.2, 0) is 14.8 Å². The van der Waals surface area contributed by atoms with Crippen molar-refractivity contribution in [3.05, 3.63) is 28.8 Å². The highest BCUT2D eigenvalue weighted by molar-refractivity contribution is 7.89. The molecule has 0 aromatic heterocycles. The van der Waals surface area contributed by atoms with Gasteiger partial charge in [-0.1, -0.05) is 37.3 Å². The maximum absolute atomic E-state index is 13.0. The first-order valence-electron chi connectivity index (χ1n) is 9.56. The Hall–Kier alpha value is -1.15. The number of hydrogen-bond donors (Lipinski definition) is 0. The number of benzene rings is 1. The second-order valence-corrected chi connectivity index (χ2v) is 9.54. The fourth-order valence-electron chi connectivity index (χ4n) is 3.77. The molecule has 0 unspecified atom stereocenters. The third-order valence-corrected chi connectivity index (χ3v) is 7.84. The van der Waals surface area contributed by atoms with Gasteiger partial charge in [-0.2, -0.15) is 4.31 Å². The van der Waals surface area contributed by atoms with Gasteiger partial charge in [0.2, 0.25) is 10.0 Å². The van der Waals surface area contributed by atoms with Crippen LogP contribution in [-0.4, -0.2) is 62.9 Å². The molecule has 0 N–H and O–H groups in total. The summed E-state index contributed by atoms with van der Waals surface area (Å²) in [5.41, 5.74) is 0.359. The number of rotatable bonds is 4. The lowest BCUT2D eigenvalue weighted by Gasteiger charge is -2.28. The van der Waals surface area contributed by atoms with E-state index in [1.54, 1.807) is 11.0 Å². The summed E-state index contributed by atoms with van der Waals surface area (Å²) in [6, 6.07) is 4.73. The first kappa shape index (κ1) is 20.6. The Kier molecular flexibility index (Phi) is 6.78. The van der Waals surface area contributed by atoms with Crippen LogP contribution in [0.3, 0.4) is 0 Å². The maximum atomic E-state index is 13.0. The molecule has 1 aliphatic carbocycles. The summed E-state index contributed by atoms with van der Waals surface area (Å²) in [5, 5.41) is 0.134. The van der Waals surface area contributed by atoms with Crippen LogP contribution in [0.15, 0.2) is 23.1 Å². The van der Waals surface area contributed by atoms with Gasteiger partial charge in [0.25, 0.3) is 5.91 Å². The van der Waals surface area contributed by atoms with Gasteiger partial charge in [-0.3, -0.25) is 4.79 Å². The highest BCUT2D eigenvalue weighted by Gasteiger charge is 2.30. The van der Waals surface area contributed by atoms with Crippen molar-refractivity contribution in [3.8, 4) is 0 Å². The minimum absolute atomic E-state index is 0.00816. The molecule has 0 atom stereocenters. The van der Waals surface area contributed by atoms with Crippen molar-refractivity contribution < 1.29 is 17.9 Å². The highest BCUT2D eigenvalue weighted by atomic mass is 35.5. The van der Waals surface area contributed by atoms with Crippen LogP contribution < -0.4 is 0 Å². The van der Waals surface area contributed by atoms with Gasteiger partial charge < -0.3 is 9.64 Å². The summed E-state index contributed by atoms with van der Waals surface area (Å²) >= 11 is 6.19. The van der Waals surface area contributed by atoms with E-state index in [1.807, 2.05) is 7.05 Å². The molecule has 1 aliphatic heterocycles. The van der Waals surface area contributed by atoms with Gasteiger partial charge >= 0.3 is 0 Å². The molecular weight excluding hydrogens is 388 g/mol. The van der Waals surface area contributed by atoms with E-state index < -0.39 is 10.0 Å². The summed E-state index contributed by atoms with van der Waals surface area (Å²) in [7, 11) is -1.95. The van der Waals surface area contributed by atoms with Crippen molar-refractivity contribution >= 4 is 27.5 Å². The Bertz CT molecular complexity index is 770. The molecular formula is C19H27ClN2O4S. The van der Waals surface area contributed by atoms with Crippen LogP contribution in [0, 0.1) is 0 Å². The molecule has 2 fully saturated rings. The average Bonchev–Trinajstić information content (AvgIpc) is 2.97. The van der Waals surface area contributed by atoms with Crippen LogP contribution >= 0.6 is 11.6 Å². The quantitative estimate of drug-likeness (QED) is 0.710. The first-order chi connectivity index (χ1) is 12.9. The zero-order valence-corrected chi connectivity index (χ0v) is 17.3. The van der Waals surface area contributed by atoms with Crippen molar-refractivity contribution in [2.75, 3.05) is 33.4 Å². The molecule has 1 saturated heterocycles. The molecule has 1 amide bonds. The zero-order valence-electron chi connectivity index (χ0n) is 15.7. The molecule has 0 spiro atoms.